The molecule has 1 aromatic heterocycles. The molecular formula is C25H29NO6. The number of benzene rings is 2. The molecular weight excluding hydrogens is 410 g/mol. The van der Waals surface area contributed by atoms with Crippen LogP contribution in [0.15, 0.2) is 52.9 Å². The highest BCUT2D eigenvalue weighted by Gasteiger charge is 2.17. The first-order valence-electron chi connectivity index (χ1n) is 10.2. The Hall–Kier alpha value is -3.61. The SMILES string of the molecule is COc1ccc(OC)c(Cc2ccc(C(=O)N(C)CCc3ccc(OC)c(OC)c3)o2)c1. The van der Waals surface area contributed by atoms with Crippen molar-refractivity contribution in [2.75, 3.05) is 42.0 Å². The molecule has 7 nitrogen and oxygen atoms in total. The maximum atomic E-state index is 12.8. The molecule has 0 atom stereocenters. The van der Waals surface area contributed by atoms with E-state index in [-0.39, 0.29) is 5.91 Å². The molecule has 0 spiro atoms. The van der Waals surface area contributed by atoms with E-state index in [9.17, 15) is 4.79 Å². The molecule has 0 N–H and O–H groups in total. The van der Waals surface area contributed by atoms with Crippen molar-refractivity contribution < 1.29 is 28.2 Å². The van der Waals surface area contributed by atoms with Crippen molar-refractivity contribution >= 4 is 5.91 Å². The summed E-state index contributed by atoms with van der Waals surface area (Å²) in [6, 6.07) is 14.9. The van der Waals surface area contributed by atoms with Gasteiger partial charge < -0.3 is 28.3 Å². The van der Waals surface area contributed by atoms with Crippen molar-refractivity contribution in [3.8, 4) is 23.0 Å². The third kappa shape index (κ3) is 5.35. The van der Waals surface area contributed by atoms with Gasteiger partial charge in [0.05, 0.1) is 28.4 Å². The topological polar surface area (TPSA) is 70.4 Å². The molecule has 3 rings (SSSR count). The third-order valence-electron chi connectivity index (χ3n) is 5.26. The average molecular weight is 440 g/mol. The van der Waals surface area contributed by atoms with Crippen LogP contribution in [0.3, 0.4) is 0 Å². The molecule has 0 bridgehead atoms. The Kier molecular flexibility index (Phi) is 7.65. The van der Waals surface area contributed by atoms with E-state index < -0.39 is 0 Å². The molecule has 0 radical (unpaired) electrons. The van der Waals surface area contributed by atoms with Crippen molar-refractivity contribution in [3.63, 3.8) is 0 Å². The van der Waals surface area contributed by atoms with Crippen LogP contribution in [0.5, 0.6) is 23.0 Å². The minimum atomic E-state index is -0.172. The summed E-state index contributed by atoms with van der Waals surface area (Å²) in [6.45, 7) is 0.536. The highest BCUT2D eigenvalue weighted by atomic mass is 16.5. The van der Waals surface area contributed by atoms with Crippen LogP contribution in [0, 0.1) is 0 Å². The van der Waals surface area contributed by atoms with Crippen LogP contribution in [0.4, 0.5) is 0 Å². The molecule has 3 aromatic rings. The lowest BCUT2D eigenvalue weighted by Gasteiger charge is -2.16. The zero-order chi connectivity index (χ0) is 23.1. The number of methoxy groups -OCH3 is 4. The summed E-state index contributed by atoms with van der Waals surface area (Å²) in [4.78, 5) is 14.5. The van der Waals surface area contributed by atoms with Crippen molar-refractivity contribution in [2.24, 2.45) is 0 Å². The van der Waals surface area contributed by atoms with E-state index in [1.165, 1.54) is 0 Å². The molecule has 2 aromatic carbocycles. The minimum absolute atomic E-state index is 0.172. The van der Waals surface area contributed by atoms with Gasteiger partial charge in [-0.05, 0) is 54.4 Å². The third-order valence-corrected chi connectivity index (χ3v) is 5.26. The smallest absolute Gasteiger partial charge is 0.289 e. The van der Waals surface area contributed by atoms with Gasteiger partial charge in [0, 0.05) is 25.6 Å². The van der Waals surface area contributed by atoms with Gasteiger partial charge in [-0.25, -0.2) is 0 Å². The highest BCUT2D eigenvalue weighted by molar-refractivity contribution is 5.91. The average Bonchev–Trinajstić information content (AvgIpc) is 3.30. The Labute approximate surface area is 188 Å². The Bertz CT molecular complexity index is 1060. The van der Waals surface area contributed by atoms with Crippen LogP contribution < -0.4 is 18.9 Å². The van der Waals surface area contributed by atoms with E-state index >= 15 is 0 Å². The standard InChI is InChI=1S/C25H29NO6/c1-26(13-12-17-6-9-22(30-4)24(14-17)31-5)25(27)23-11-8-20(32-23)16-18-15-19(28-2)7-10-21(18)29-3/h6-11,14-15H,12-13,16H2,1-5H3. The second-order valence-electron chi connectivity index (χ2n) is 7.29. The van der Waals surface area contributed by atoms with E-state index in [1.54, 1.807) is 46.5 Å². The number of rotatable bonds is 10. The Morgan fingerprint density at radius 2 is 1.56 bits per heavy atom. The molecule has 0 saturated heterocycles. The lowest BCUT2D eigenvalue weighted by atomic mass is 10.1. The van der Waals surface area contributed by atoms with E-state index in [4.69, 9.17) is 23.4 Å². The first kappa shape index (κ1) is 23.1. The summed E-state index contributed by atoms with van der Waals surface area (Å²) < 4.78 is 27.2. The zero-order valence-corrected chi connectivity index (χ0v) is 19.1. The minimum Gasteiger partial charge on any atom is -0.497 e. The number of hydrogen-bond donors (Lipinski definition) is 0. The number of carbonyl (C=O) groups is 1. The Morgan fingerprint density at radius 3 is 2.25 bits per heavy atom. The quantitative estimate of drug-likeness (QED) is 0.471. The van der Waals surface area contributed by atoms with Gasteiger partial charge >= 0.3 is 0 Å². The maximum Gasteiger partial charge on any atom is 0.289 e. The first-order valence-corrected chi connectivity index (χ1v) is 10.2. The highest BCUT2D eigenvalue weighted by Crippen LogP contribution is 2.28. The number of amides is 1. The van der Waals surface area contributed by atoms with Gasteiger partial charge in [-0.2, -0.15) is 0 Å². The van der Waals surface area contributed by atoms with Crippen molar-refractivity contribution in [2.45, 2.75) is 12.8 Å². The van der Waals surface area contributed by atoms with Crippen molar-refractivity contribution in [3.05, 3.63) is 71.2 Å². The second kappa shape index (κ2) is 10.6. The van der Waals surface area contributed by atoms with Crippen LogP contribution in [-0.2, 0) is 12.8 Å². The summed E-state index contributed by atoms with van der Waals surface area (Å²) in [7, 11) is 8.21. The normalized spacial score (nSPS) is 10.5. The van der Waals surface area contributed by atoms with Crippen LogP contribution in [0.25, 0.3) is 0 Å². The molecule has 32 heavy (non-hydrogen) atoms. The molecule has 7 heteroatoms. The molecule has 1 heterocycles. The number of hydrogen-bond acceptors (Lipinski definition) is 6. The lowest BCUT2D eigenvalue weighted by molar-refractivity contribution is 0.0763. The van der Waals surface area contributed by atoms with Gasteiger partial charge in [0.15, 0.2) is 17.3 Å². The lowest BCUT2D eigenvalue weighted by Crippen LogP contribution is -2.28. The molecule has 0 aliphatic carbocycles. The zero-order valence-electron chi connectivity index (χ0n) is 19.1. The second-order valence-corrected chi connectivity index (χ2v) is 7.29. The van der Waals surface area contributed by atoms with Crippen LogP contribution in [-0.4, -0.2) is 52.8 Å². The Morgan fingerprint density at radius 1 is 0.844 bits per heavy atom. The summed E-state index contributed by atoms with van der Waals surface area (Å²) >= 11 is 0. The van der Waals surface area contributed by atoms with Gasteiger partial charge in [0.25, 0.3) is 5.91 Å². The predicted molar refractivity (Wildman–Crippen MR) is 121 cm³/mol. The van der Waals surface area contributed by atoms with Gasteiger partial charge in [0.1, 0.15) is 17.3 Å². The van der Waals surface area contributed by atoms with Gasteiger partial charge in [-0.15, -0.1) is 0 Å². The molecule has 0 fully saturated rings. The predicted octanol–water partition coefficient (Wildman–Crippen LogP) is 4.22. The van der Waals surface area contributed by atoms with Crippen molar-refractivity contribution in [1.29, 1.82) is 0 Å². The molecule has 0 aliphatic rings. The fourth-order valence-corrected chi connectivity index (χ4v) is 3.42. The van der Waals surface area contributed by atoms with E-state index in [0.717, 1.165) is 22.6 Å². The monoisotopic (exact) mass is 439 g/mol. The fraction of sp³-hybridized carbons (Fsp3) is 0.320. The summed E-state index contributed by atoms with van der Waals surface area (Å²) in [5, 5.41) is 0. The molecule has 0 aliphatic heterocycles. The van der Waals surface area contributed by atoms with Gasteiger partial charge in [-0.1, -0.05) is 6.07 Å². The van der Waals surface area contributed by atoms with Gasteiger partial charge in [0.2, 0.25) is 0 Å². The summed E-state index contributed by atoms with van der Waals surface area (Å²) in [5.74, 6) is 3.62. The number of ether oxygens (including phenoxy) is 4. The number of likely N-dealkylation sites (N-methyl/N-ethyl adjacent to an activating group) is 1. The summed E-state index contributed by atoms with van der Waals surface area (Å²) in [5.41, 5.74) is 1.97. The molecule has 0 unspecified atom stereocenters. The van der Waals surface area contributed by atoms with Crippen LogP contribution in [0.1, 0.15) is 27.4 Å². The Balaban J connectivity index is 1.64. The maximum absolute atomic E-state index is 12.8. The number of carbonyl (C=O) groups excluding carboxylic acids is 1. The number of furan rings is 1. The van der Waals surface area contributed by atoms with E-state index in [1.807, 2.05) is 42.5 Å². The molecule has 1 amide bonds. The molecule has 0 saturated carbocycles. The first-order chi connectivity index (χ1) is 15.5. The fourth-order valence-electron chi connectivity index (χ4n) is 3.42. The van der Waals surface area contributed by atoms with Crippen LogP contribution >= 0.6 is 0 Å². The van der Waals surface area contributed by atoms with Crippen molar-refractivity contribution in [1.82, 2.24) is 4.90 Å². The van der Waals surface area contributed by atoms with Gasteiger partial charge in [-0.3, -0.25) is 4.79 Å². The van der Waals surface area contributed by atoms with E-state index in [0.29, 0.717) is 42.4 Å². The van der Waals surface area contributed by atoms with E-state index in [2.05, 4.69) is 0 Å². The largest absolute Gasteiger partial charge is 0.497 e. The molecule has 170 valence electrons. The summed E-state index contributed by atoms with van der Waals surface area (Å²) in [6.07, 6.45) is 1.17. The number of nitrogens with zero attached hydrogens (tertiary/aromatic N) is 1. The van der Waals surface area contributed by atoms with Crippen LogP contribution in [0.2, 0.25) is 0 Å².